The Morgan fingerprint density at radius 1 is 1.24 bits per heavy atom. The molecule has 134 valence electrons. The number of hydrogen-bond acceptors (Lipinski definition) is 4. The van der Waals surface area contributed by atoms with Gasteiger partial charge in [-0.3, -0.25) is 0 Å². The van der Waals surface area contributed by atoms with Crippen molar-refractivity contribution in [2.45, 2.75) is 12.5 Å². The van der Waals surface area contributed by atoms with Crippen LogP contribution in [0.25, 0.3) is 10.8 Å². The van der Waals surface area contributed by atoms with Gasteiger partial charge in [0.25, 0.3) is 0 Å². The Bertz CT molecular complexity index is 861. The number of hydrogen-bond donors (Lipinski definition) is 1. The molecular weight excluding hydrogens is 340 g/mol. The lowest BCUT2D eigenvalue weighted by Gasteiger charge is -2.28. The number of carbonyl (C=O) groups is 1. The molecule has 0 spiro atoms. The Labute approximate surface area is 147 Å². The van der Waals surface area contributed by atoms with Gasteiger partial charge in [-0.2, -0.15) is 0 Å². The molecule has 1 aliphatic rings. The van der Waals surface area contributed by atoms with Crippen LogP contribution in [0.1, 0.15) is 6.42 Å². The van der Waals surface area contributed by atoms with Gasteiger partial charge in [-0.05, 0) is 17.9 Å². The van der Waals surface area contributed by atoms with Gasteiger partial charge in [0.15, 0.2) is 9.84 Å². The smallest absolute Gasteiger partial charge is 0.322 e. The number of benzene rings is 2. The second-order valence-corrected chi connectivity index (χ2v) is 8.43. The normalized spacial score (nSPS) is 19.0. The maximum Gasteiger partial charge on any atom is 0.322 e. The van der Waals surface area contributed by atoms with Crippen molar-refractivity contribution in [1.82, 2.24) is 4.90 Å². The van der Waals surface area contributed by atoms with Crippen molar-refractivity contribution in [2.24, 2.45) is 0 Å². The Hall–Kier alpha value is -2.12. The topological polar surface area (TPSA) is 75.7 Å². The SMILES string of the molecule is COCCN(C(=O)Nc1cccc2ccccc12)C1CCS(=O)(=O)C1. The van der Waals surface area contributed by atoms with E-state index in [4.69, 9.17) is 4.74 Å². The van der Waals surface area contributed by atoms with Crippen molar-refractivity contribution in [3.05, 3.63) is 42.5 Å². The molecular formula is C18H22N2O4S. The summed E-state index contributed by atoms with van der Waals surface area (Å²) in [4.78, 5) is 14.4. The molecule has 0 aliphatic carbocycles. The summed E-state index contributed by atoms with van der Waals surface area (Å²) >= 11 is 0. The molecule has 1 aliphatic heterocycles. The third kappa shape index (κ3) is 4.11. The number of sulfone groups is 1. The molecule has 2 aromatic carbocycles. The van der Waals surface area contributed by atoms with Crippen LogP contribution < -0.4 is 5.32 Å². The maximum absolute atomic E-state index is 12.8. The minimum absolute atomic E-state index is 0.0136. The number of carbonyl (C=O) groups excluding carboxylic acids is 1. The van der Waals surface area contributed by atoms with E-state index < -0.39 is 9.84 Å². The van der Waals surface area contributed by atoms with Crippen LogP contribution in [0.15, 0.2) is 42.5 Å². The van der Waals surface area contributed by atoms with Gasteiger partial charge in [-0.25, -0.2) is 13.2 Å². The number of methoxy groups -OCH3 is 1. The summed E-state index contributed by atoms with van der Waals surface area (Å²) in [6.07, 6.45) is 0.467. The fourth-order valence-corrected chi connectivity index (χ4v) is 4.91. The van der Waals surface area contributed by atoms with E-state index in [1.54, 1.807) is 12.0 Å². The predicted molar refractivity (Wildman–Crippen MR) is 98.6 cm³/mol. The zero-order valence-electron chi connectivity index (χ0n) is 14.1. The molecule has 1 fully saturated rings. The first kappa shape index (κ1) is 17.7. The summed E-state index contributed by atoms with van der Waals surface area (Å²) in [6, 6.07) is 12.9. The summed E-state index contributed by atoms with van der Waals surface area (Å²) in [7, 11) is -1.51. The summed E-state index contributed by atoms with van der Waals surface area (Å²) in [6.45, 7) is 0.715. The van der Waals surface area contributed by atoms with E-state index in [-0.39, 0.29) is 23.6 Å². The molecule has 1 saturated heterocycles. The van der Waals surface area contributed by atoms with Gasteiger partial charge in [-0.1, -0.05) is 36.4 Å². The van der Waals surface area contributed by atoms with E-state index in [9.17, 15) is 13.2 Å². The van der Waals surface area contributed by atoms with E-state index in [0.717, 1.165) is 10.8 Å². The second kappa shape index (κ2) is 7.41. The summed E-state index contributed by atoms with van der Waals surface area (Å²) in [5.41, 5.74) is 0.714. The van der Waals surface area contributed by atoms with Crippen molar-refractivity contribution in [1.29, 1.82) is 0 Å². The first-order valence-electron chi connectivity index (χ1n) is 8.25. The van der Waals surface area contributed by atoms with Gasteiger partial charge in [0.1, 0.15) is 0 Å². The number of anilines is 1. The molecule has 25 heavy (non-hydrogen) atoms. The minimum atomic E-state index is -3.07. The fraction of sp³-hybridized carbons (Fsp3) is 0.389. The van der Waals surface area contributed by atoms with Crippen LogP contribution in [-0.4, -0.2) is 57.2 Å². The Morgan fingerprint density at radius 2 is 2.00 bits per heavy atom. The molecule has 7 heteroatoms. The van der Waals surface area contributed by atoms with Crippen molar-refractivity contribution in [3.63, 3.8) is 0 Å². The number of urea groups is 1. The number of rotatable bonds is 5. The molecule has 2 amide bonds. The monoisotopic (exact) mass is 362 g/mol. The van der Waals surface area contributed by atoms with Gasteiger partial charge >= 0.3 is 6.03 Å². The van der Waals surface area contributed by atoms with Crippen LogP contribution in [0.3, 0.4) is 0 Å². The summed E-state index contributed by atoms with van der Waals surface area (Å²) < 4.78 is 28.7. The highest BCUT2D eigenvalue weighted by molar-refractivity contribution is 7.91. The van der Waals surface area contributed by atoms with Gasteiger partial charge < -0.3 is 15.0 Å². The van der Waals surface area contributed by atoms with Crippen molar-refractivity contribution in [3.8, 4) is 0 Å². The van der Waals surface area contributed by atoms with Crippen LogP contribution in [0, 0.1) is 0 Å². The van der Waals surface area contributed by atoms with E-state index in [1.165, 1.54) is 0 Å². The van der Waals surface area contributed by atoms with Gasteiger partial charge in [0.05, 0.1) is 23.8 Å². The highest BCUT2D eigenvalue weighted by Gasteiger charge is 2.34. The van der Waals surface area contributed by atoms with Crippen molar-refractivity contribution < 1.29 is 17.9 Å². The largest absolute Gasteiger partial charge is 0.383 e. The third-order valence-electron chi connectivity index (χ3n) is 4.48. The molecule has 1 N–H and O–H groups in total. The molecule has 2 aromatic rings. The molecule has 6 nitrogen and oxygen atoms in total. The minimum Gasteiger partial charge on any atom is -0.383 e. The fourth-order valence-electron chi connectivity index (χ4n) is 3.18. The number of ether oxygens (including phenoxy) is 1. The second-order valence-electron chi connectivity index (χ2n) is 6.20. The Balaban J connectivity index is 1.82. The van der Waals surface area contributed by atoms with Gasteiger partial charge in [0.2, 0.25) is 0 Å². The number of nitrogens with one attached hydrogen (secondary N) is 1. The van der Waals surface area contributed by atoms with E-state index in [2.05, 4.69) is 5.32 Å². The van der Waals surface area contributed by atoms with Crippen LogP contribution in [0.4, 0.5) is 10.5 Å². The Kier molecular flexibility index (Phi) is 5.24. The number of amides is 2. The van der Waals surface area contributed by atoms with Gasteiger partial charge in [-0.15, -0.1) is 0 Å². The molecule has 0 aromatic heterocycles. The zero-order chi connectivity index (χ0) is 17.9. The maximum atomic E-state index is 12.8. The highest BCUT2D eigenvalue weighted by Crippen LogP contribution is 2.24. The lowest BCUT2D eigenvalue weighted by atomic mass is 10.1. The summed E-state index contributed by atoms with van der Waals surface area (Å²) in [5, 5.41) is 4.92. The van der Waals surface area contributed by atoms with Crippen LogP contribution in [0.2, 0.25) is 0 Å². The molecule has 1 unspecified atom stereocenters. The first-order chi connectivity index (χ1) is 12.0. The molecule has 0 saturated carbocycles. The molecule has 1 atom stereocenters. The van der Waals surface area contributed by atoms with Crippen LogP contribution >= 0.6 is 0 Å². The third-order valence-corrected chi connectivity index (χ3v) is 6.23. The van der Waals surface area contributed by atoms with E-state index in [1.807, 2.05) is 42.5 Å². The highest BCUT2D eigenvalue weighted by atomic mass is 32.2. The quantitative estimate of drug-likeness (QED) is 0.887. The molecule has 0 bridgehead atoms. The molecule has 1 heterocycles. The Morgan fingerprint density at radius 3 is 2.72 bits per heavy atom. The van der Waals surface area contributed by atoms with Crippen molar-refractivity contribution in [2.75, 3.05) is 37.1 Å². The molecule has 0 radical (unpaired) electrons. The van der Waals surface area contributed by atoms with Gasteiger partial charge in [0, 0.05) is 25.1 Å². The van der Waals surface area contributed by atoms with Crippen LogP contribution in [-0.2, 0) is 14.6 Å². The molecule has 3 rings (SSSR count). The number of nitrogens with zero attached hydrogens (tertiary/aromatic N) is 1. The lowest BCUT2D eigenvalue weighted by Crippen LogP contribution is -2.45. The first-order valence-corrected chi connectivity index (χ1v) is 10.1. The van der Waals surface area contributed by atoms with E-state index >= 15 is 0 Å². The summed E-state index contributed by atoms with van der Waals surface area (Å²) in [5.74, 6) is 0.141. The zero-order valence-corrected chi connectivity index (χ0v) is 15.0. The predicted octanol–water partition coefficient (Wildman–Crippen LogP) is 2.51. The lowest BCUT2D eigenvalue weighted by molar-refractivity contribution is 0.140. The average molecular weight is 362 g/mol. The van der Waals surface area contributed by atoms with E-state index in [0.29, 0.717) is 25.3 Å². The number of fused-ring (bicyclic) bond motifs is 1. The van der Waals surface area contributed by atoms with Crippen LogP contribution in [0.5, 0.6) is 0 Å². The standard InChI is InChI=1S/C18H22N2O4S/c1-24-11-10-20(15-9-12-25(22,23)13-15)18(21)19-17-8-4-6-14-5-2-3-7-16(14)17/h2-8,15H,9-13H2,1H3,(H,19,21). The average Bonchev–Trinajstić information content (AvgIpc) is 2.95. The van der Waals surface area contributed by atoms with Crippen molar-refractivity contribution >= 4 is 32.3 Å².